The number of carboxylic acids is 1. The Balaban J connectivity index is 1.14. The number of ether oxygens (including phenoxy) is 2. The molecular weight excluding hydrogens is 522 g/mol. The third-order valence-electron chi connectivity index (χ3n) is 7.71. The average Bonchev–Trinajstić information content (AvgIpc) is 3.36. The van der Waals surface area contributed by atoms with Crippen LogP contribution in [0.3, 0.4) is 0 Å². The summed E-state index contributed by atoms with van der Waals surface area (Å²) in [6, 6.07) is 20.2. The summed E-state index contributed by atoms with van der Waals surface area (Å²) in [6.45, 7) is 3.27. The van der Waals surface area contributed by atoms with Gasteiger partial charge in [-0.2, -0.15) is 0 Å². The van der Waals surface area contributed by atoms with Gasteiger partial charge in [-0.15, -0.1) is 0 Å². The van der Waals surface area contributed by atoms with E-state index in [4.69, 9.17) is 9.47 Å². The molecule has 9 heteroatoms. The van der Waals surface area contributed by atoms with Crippen molar-refractivity contribution in [2.45, 2.75) is 31.9 Å². The van der Waals surface area contributed by atoms with Crippen molar-refractivity contribution >= 4 is 23.7 Å². The largest absolute Gasteiger partial charge is 0.480 e. The van der Waals surface area contributed by atoms with Gasteiger partial charge in [0.25, 0.3) is 0 Å². The SMILES string of the molecule is COCCCN1CCN(c2ccc(CC(NC(=O)OCc3cccc4c3Cc3ccccc3-4)C(=O)O)cc2)C(=O)C1. The number of alkyl carbamates (subject to hydrolysis) is 1. The van der Waals surface area contributed by atoms with Crippen LogP contribution in [0.2, 0.25) is 0 Å². The van der Waals surface area contributed by atoms with E-state index in [9.17, 15) is 19.5 Å². The summed E-state index contributed by atoms with van der Waals surface area (Å²) in [5.74, 6) is -1.12. The first-order valence-electron chi connectivity index (χ1n) is 13.9. The normalized spacial score (nSPS) is 15.2. The average molecular weight is 558 g/mol. The van der Waals surface area contributed by atoms with E-state index in [1.165, 1.54) is 11.1 Å². The van der Waals surface area contributed by atoms with Gasteiger partial charge in [-0.25, -0.2) is 9.59 Å². The molecule has 1 heterocycles. The molecule has 3 aromatic rings. The molecule has 0 saturated carbocycles. The summed E-state index contributed by atoms with van der Waals surface area (Å²) in [6.07, 6.45) is 0.961. The van der Waals surface area contributed by atoms with Gasteiger partial charge >= 0.3 is 12.1 Å². The summed E-state index contributed by atoms with van der Waals surface area (Å²) in [5.41, 5.74) is 7.10. The predicted molar refractivity (Wildman–Crippen MR) is 155 cm³/mol. The highest BCUT2D eigenvalue weighted by atomic mass is 16.5. The fourth-order valence-electron chi connectivity index (χ4n) is 5.55. The molecule has 0 radical (unpaired) electrons. The van der Waals surface area contributed by atoms with Gasteiger partial charge in [0.1, 0.15) is 12.6 Å². The molecule has 3 aromatic carbocycles. The van der Waals surface area contributed by atoms with Crippen molar-refractivity contribution in [2.75, 3.05) is 44.8 Å². The van der Waals surface area contributed by atoms with Crippen molar-refractivity contribution in [1.82, 2.24) is 10.2 Å². The lowest BCUT2D eigenvalue weighted by molar-refractivity contribution is -0.139. The first kappa shape index (κ1) is 28.3. The van der Waals surface area contributed by atoms with Crippen LogP contribution in [0.25, 0.3) is 11.1 Å². The Labute approximate surface area is 239 Å². The van der Waals surface area contributed by atoms with Crippen molar-refractivity contribution in [1.29, 1.82) is 0 Å². The lowest BCUT2D eigenvalue weighted by atomic mass is 10.0. The number of anilines is 1. The molecule has 1 aliphatic heterocycles. The van der Waals surface area contributed by atoms with Crippen molar-refractivity contribution in [3.05, 3.63) is 89.0 Å². The number of aliphatic carboxylic acids is 1. The highest BCUT2D eigenvalue weighted by Gasteiger charge is 2.26. The third kappa shape index (κ3) is 6.75. The Hall–Kier alpha value is -4.21. The minimum Gasteiger partial charge on any atom is -0.480 e. The number of carboxylic acid groups (broad SMARTS) is 1. The number of nitrogens with zero attached hydrogens (tertiary/aromatic N) is 2. The minimum absolute atomic E-state index is 0.0298. The van der Waals surface area contributed by atoms with Crippen molar-refractivity contribution < 1.29 is 29.0 Å². The topological polar surface area (TPSA) is 108 Å². The molecule has 41 heavy (non-hydrogen) atoms. The van der Waals surface area contributed by atoms with E-state index in [0.29, 0.717) is 19.7 Å². The summed E-state index contributed by atoms with van der Waals surface area (Å²) in [4.78, 5) is 41.1. The van der Waals surface area contributed by atoms with Crippen molar-refractivity contribution in [3.63, 3.8) is 0 Å². The van der Waals surface area contributed by atoms with Crippen LogP contribution < -0.4 is 10.2 Å². The molecule has 1 saturated heterocycles. The van der Waals surface area contributed by atoms with Crippen LogP contribution in [0.4, 0.5) is 10.5 Å². The van der Waals surface area contributed by atoms with E-state index in [0.717, 1.165) is 53.9 Å². The number of piperazine rings is 1. The van der Waals surface area contributed by atoms with Gasteiger partial charge in [-0.1, -0.05) is 54.6 Å². The predicted octanol–water partition coefficient (Wildman–Crippen LogP) is 3.87. The number of benzene rings is 3. The zero-order valence-electron chi connectivity index (χ0n) is 23.2. The van der Waals surface area contributed by atoms with E-state index in [2.05, 4.69) is 28.4 Å². The summed E-state index contributed by atoms with van der Waals surface area (Å²) in [5, 5.41) is 12.2. The lowest BCUT2D eigenvalue weighted by Gasteiger charge is -2.34. The maximum Gasteiger partial charge on any atom is 0.408 e. The fourth-order valence-corrected chi connectivity index (χ4v) is 5.55. The van der Waals surface area contributed by atoms with Crippen molar-refractivity contribution in [3.8, 4) is 11.1 Å². The summed E-state index contributed by atoms with van der Waals surface area (Å²) in [7, 11) is 1.67. The molecule has 1 aliphatic carbocycles. The maximum absolute atomic E-state index is 12.7. The van der Waals surface area contributed by atoms with Crippen LogP contribution in [0, 0.1) is 0 Å². The Morgan fingerprint density at radius 3 is 2.54 bits per heavy atom. The molecule has 0 spiro atoms. The van der Waals surface area contributed by atoms with Crippen LogP contribution in [0.1, 0.15) is 28.7 Å². The number of carbonyl (C=O) groups excluding carboxylic acids is 2. The van der Waals surface area contributed by atoms with Crippen LogP contribution in [-0.2, 0) is 38.5 Å². The molecular formula is C32H35N3O6. The van der Waals surface area contributed by atoms with Gasteiger partial charge in [0.05, 0.1) is 6.54 Å². The van der Waals surface area contributed by atoms with Gasteiger partial charge in [-0.05, 0) is 58.4 Å². The smallest absolute Gasteiger partial charge is 0.408 e. The molecule has 1 atom stereocenters. The van der Waals surface area contributed by atoms with Crippen LogP contribution in [0.15, 0.2) is 66.7 Å². The van der Waals surface area contributed by atoms with E-state index in [1.54, 1.807) is 24.1 Å². The second kappa shape index (κ2) is 13.0. The molecule has 2 aliphatic rings. The standard InChI is InChI=1S/C32H35N3O6/c1-40-17-5-14-34-15-16-35(30(36)20-34)25-12-10-22(11-13-25)18-29(31(37)38)33-32(39)41-21-24-7-4-9-27-26-8-3-2-6-23(26)19-28(24)27/h2-4,6-13,29H,5,14-21H2,1H3,(H,33,39)(H,37,38). The second-order valence-corrected chi connectivity index (χ2v) is 10.4. The van der Waals surface area contributed by atoms with Crippen molar-refractivity contribution in [2.24, 2.45) is 0 Å². The van der Waals surface area contributed by atoms with Gasteiger partial charge in [0, 0.05) is 45.5 Å². The number of carbonyl (C=O) groups is 3. The second-order valence-electron chi connectivity index (χ2n) is 10.4. The Morgan fingerprint density at radius 2 is 1.78 bits per heavy atom. The highest BCUT2D eigenvalue weighted by molar-refractivity contribution is 5.95. The van der Waals surface area contributed by atoms with E-state index < -0.39 is 18.1 Å². The Kier molecular flexibility index (Phi) is 8.96. The quantitative estimate of drug-likeness (QED) is 0.270. The van der Waals surface area contributed by atoms with E-state index in [1.807, 2.05) is 36.4 Å². The lowest BCUT2D eigenvalue weighted by Crippen LogP contribution is -2.50. The molecule has 0 aromatic heterocycles. The Bertz CT molecular complexity index is 1410. The van der Waals surface area contributed by atoms with Gasteiger partial charge in [0.15, 0.2) is 0 Å². The third-order valence-corrected chi connectivity index (χ3v) is 7.71. The molecule has 2 N–H and O–H groups in total. The van der Waals surface area contributed by atoms with Crippen LogP contribution in [0.5, 0.6) is 0 Å². The molecule has 9 nitrogen and oxygen atoms in total. The molecule has 214 valence electrons. The molecule has 2 amide bonds. The molecule has 1 unspecified atom stereocenters. The molecule has 1 fully saturated rings. The highest BCUT2D eigenvalue weighted by Crippen LogP contribution is 2.38. The first-order valence-corrected chi connectivity index (χ1v) is 13.9. The zero-order chi connectivity index (χ0) is 28.8. The van der Waals surface area contributed by atoms with Gasteiger partial charge in [-0.3, -0.25) is 9.69 Å². The fraction of sp³-hybridized carbons (Fsp3) is 0.344. The monoisotopic (exact) mass is 557 g/mol. The van der Waals surface area contributed by atoms with Crippen LogP contribution in [-0.4, -0.2) is 73.9 Å². The zero-order valence-corrected chi connectivity index (χ0v) is 23.2. The van der Waals surface area contributed by atoms with Gasteiger partial charge in [0.2, 0.25) is 5.91 Å². The number of nitrogens with one attached hydrogen (secondary N) is 1. The maximum atomic E-state index is 12.7. The number of hydrogen-bond acceptors (Lipinski definition) is 6. The summed E-state index contributed by atoms with van der Waals surface area (Å²) < 4.78 is 10.5. The summed E-state index contributed by atoms with van der Waals surface area (Å²) >= 11 is 0. The number of fused-ring (bicyclic) bond motifs is 3. The van der Waals surface area contributed by atoms with Gasteiger partial charge < -0.3 is 24.8 Å². The molecule has 0 bridgehead atoms. The number of methoxy groups -OCH3 is 1. The van der Waals surface area contributed by atoms with E-state index >= 15 is 0 Å². The van der Waals surface area contributed by atoms with E-state index in [-0.39, 0.29) is 18.9 Å². The van der Waals surface area contributed by atoms with Crippen LogP contribution >= 0.6 is 0 Å². The minimum atomic E-state index is -1.16. The molecule has 5 rings (SSSR count). The number of hydrogen-bond donors (Lipinski definition) is 2. The number of rotatable bonds is 11. The first-order chi connectivity index (χ1) is 19.9. The number of amides is 2. The Morgan fingerprint density at radius 1 is 1.00 bits per heavy atom.